The molecule has 0 aliphatic heterocycles. The molecular formula is C50H30O. The van der Waals surface area contributed by atoms with Crippen LogP contribution in [0.1, 0.15) is 11.0 Å². The number of furan rings is 1. The highest BCUT2D eigenvalue weighted by Gasteiger charge is 2.22. The third-order valence-corrected chi connectivity index (χ3v) is 10.3. The van der Waals surface area contributed by atoms with Gasteiger partial charge in [-0.05, 0) is 105 Å². The van der Waals surface area contributed by atoms with Gasteiger partial charge in [0.1, 0.15) is 11.2 Å². The van der Waals surface area contributed by atoms with Gasteiger partial charge in [-0.3, -0.25) is 0 Å². The van der Waals surface area contributed by atoms with Gasteiger partial charge in [0.2, 0.25) is 0 Å². The van der Waals surface area contributed by atoms with Crippen LogP contribution in [-0.4, -0.2) is 0 Å². The topological polar surface area (TPSA) is 13.1 Å². The molecule has 0 bridgehead atoms. The van der Waals surface area contributed by atoms with Gasteiger partial charge in [-0.25, -0.2) is 0 Å². The minimum Gasteiger partial charge on any atom is -0.456 e. The highest BCUT2D eigenvalue weighted by atomic mass is 16.3. The first-order chi connectivity index (χ1) is 28.6. The largest absolute Gasteiger partial charge is 0.456 e. The minimum atomic E-state index is -0.439. The van der Waals surface area contributed by atoms with Crippen molar-refractivity contribution in [3.8, 4) is 33.4 Å². The fourth-order valence-corrected chi connectivity index (χ4v) is 8.08. The lowest BCUT2D eigenvalue weighted by Crippen LogP contribution is -1.94. The van der Waals surface area contributed by atoms with Crippen molar-refractivity contribution in [3.63, 3.8) is 0 Å². The van der Waals surface area contributed by atoms with Crippen LogP contribution in [0.4, 0.5) is 0 Å². The molecule has 1 heterocycles. The van der Waals surface area contributed by atoms with Crippen LogP contribution in [0.2, 0.25) is 0 Å². The van der Waals surface area contributed by atoms with Crippen LogP contribution in [0.15, 0.2) is 186 Å². The van der Waals surface area contributed by atoms with Crippen molar-refractivity contribution in [1.82, 2.24) is 0 Å². The van der Waals surface area contributed by atoms with Crippen LogP contribution in [0.3, 0.4) is 0 Å². The second-order valence-electron chi connectivity index (χ2n) is 13.0. The molecule has 0 radical (unpaired) electrons. The summed E-state index contributed by atoms with van der Waals surface area (Å²) in [4.78, 5) is 0. The normalized spacial score (nSPS) is 14.1. The van der Waals surface area contributed by atoms with Crippen molar-refractivity contribution < 1.29 is 15.4 Å². The molecule has 0 spiro atoms. The number of hydrogen-bond acceptors (Lipinski definition) is 1. The lowest BCUT2D eigenvalue weighted by Gasteiger charge is -2.21. The van der Waals surface area contributed by atoms with Crippen LogP contribution >= 0.6 is 0 Å². The highest BCUT2D eigenvalue weighted by molar-refractivity contribution is 6.27. The van der Waals surface area contributed by atoms with Gasteiger partial charge in [0.15, 0.2) is 0 Å². The van der Waals surface area contributed by atoms with E-state index in [-0.39, 0.29) is 45.7 Å². The molecule has 0 unspecified atom stereocenters. The Morgan fingerprint density at radius 1 is 0.353 bits per heavy atom. The zero-order chi connectivity index (χ0) is 40.4. The van der Waals surface area contributed by atoms with E-state index in [0.717, 1.165) is 54.2 Å². The fourth-order valence-electron chi connectivity index (χ4n) is 8.08. The van der Waals surface area contributed by atoms with Gasteiger partial charge in [0, 0.05) is 10.8 Å². The van der Waals surface area contributed by atoms with Crippen LogP contribution in [0.25, 0.3) is 109 Å². The third-order valence-electron chi connectivity index (χ3n) is 10.3. The van der Waals surface area contributed by atoms with E-state index in [9.17, 15) is 5.48 Å². The first-order valence-electron chi connectivity index (χ1n) is 20.9. The molecule has 51 heavy (non-hydrogen) atoms. The zero-order valence-corrected chi connectivity index (χ0v) is 27.1. The Hall–Kier alpha value is -6.70. The van der Waals surface area contributed by atoms with Crippen molar-refractivity contribution in [2.24, 2.45) is 0 Å². The van der Waals surface area contributed by atoms with Crippen molar-refractivity contribution in [3.05, 3.63) is 182 Å². The monoisotopic (exact) mass is 654 g/mol. The van der Waals surface area contributed by atoms with Gasteiger partial charge in [0.05, 0.1) is 11.0 Å². The Labute approximate surface area is 305 Å². The Morgan fingerprint density at radius 2 is 0.922 bits per heavy atom. The van der Waals surface area contributed by atoms with E-state index in [2.05, 4.69) is 12.1 Å². The molecule has 1 aromatic heterocycles. The van der Waals surface area contributed by atoms with Crippen LogP contribution in [0.5, 0.6) is 0 Å². The molecule has 1 nitrogen and oxygen atoms in total. The van der Waals surface area contributed by atoms with E-state index in [1.165, 1.54) is 0 Å². The van der Waals surface area contributed by atoms with Crippen LogP contribution in [-0.2, 0) is 0 Å². The average molecular weight is 655 g/mol. The van der Waals surface area contributed by atoms with Crippen molar-refractivity contribution in [1.29, 1.82) is 0 Å². The fraction of sp³-hybridized carbons (Fsp3) is 0. The SMILES string of the molecule is [2H]c1c([2H])c([2H])c2c(-c3c(-c4ccc5c(c4)oc4ccc6ccccc6c45)ccc4ccccc34)c3c([2H])c([2H])c([2H])c([2H])c3c(-c3cccc4ccccc34)c2c1[2H]. The molecule has 0 aliphatic rings. The van der Waals surface area contributed by atoms with E-state index < -0.39 is 24.2 Å². The number of benzene rings is 10. The van der Waals surface area contributed by atoms with E-state index >= 15 is 0 Å². The van der Waals surface area contributed by atoms with E-state index in [4.69, 9.17) is 9.90 Å². The summed E-state index contributed by atoms with van der Waals surface area (Å²) in [5.41, 5.74) is 4.70. The molecule has 0 amide bonds. The molecule has 11 aromatic rings. The second kappa shape index (κ2) is 10.9. The van der Waals surface area contributed by atoms with Crippen molar-refractivity contribution in [2.75, 3.05) is 0 Å². The maximum Gasteiger partial charge on any atom is 0.136 e. The Balaban J connectivity index is 1.37. The Bertz CT molecular complexity index is 3580. The van der Waals surface area contributed by atoms with Gasteiger partial charge in [0.25, 0.3) is 0 Å². The van der Waals surface area contributed by atoms with Gasteiger partial charge in [-0.2, -0.15) is 0 Å². The molecule has 0 atom stereocenters. The van der Waals surface area contributed by atoms with Gasteiger partial charge >= 0.3 is 0 Å². The third kappa shape index (κ3) is 4.16. The molecular weight excluding hydrogens is 617 g/mol. The lowest BCUT2D eigenvalue weighted by molar-refractivity contribution is 0.669. The smallest absolute Gasteiger partial charge is 0.136 e. The summed E-state index contributed by atoms with van der Waals surface area (Å²) in [6, 6.07) is 40.4. The minimum absolute atomic E-state index is 0.172. The maximum atomic E-state index is 9.65. The number of fused-ring (bicyclic) bond motifs is 9. The molecule has 1 heteroatoms. The first-order valence-corrected chi connectivity index (χ1v) is 16.9. The maximum absolute atomic E-state index is 9.65. The molecule has 236 valence electrons. The van der Waals surface area contributed by atoms with Crippen molar-refractivity contribution in [2.45, 2.75) is 0 Å². The number of rotatable bonds is 3. The summed E-state index contributed by atoms with van der Waals surface area (Å²) >= 11 is 0. The Morgan fingerprint density at radius 3 is 1.65 bits per heavy atom. The summed E-state index contributed by atoms with van der Waals surface area (Å²) < 4.78 is 81.0. The molecule has 0 aliphatic carbocycles. The quantitative estimate of drug-likeness (QED) is 0.173. The molecule has 0 saturated heterocycles. The highest BCUT2D eigenvalue weighted by Crippen LogP contribution is 2.49. The molecule has 0 N–H and O–H groups in total. The predicted octanol–water partition coefficient (Wildman–Crippen LogP) is 14.4. The summed E-state index contributed by atoms with van der Waals surface area (Å²) in [5, 5.41) is 8.10. The summed E-state index contributed by atoms with van der Waals surface area (Å²) in [7, 11) is 0. The molecule has 0 saturated carbocycles. The molecule has 0 fully saturated rings. The summed E-state index contributed by atoms with van der Waals surface area (Å²) in [5.74, 6) is 0. The van der Waals surface area contributed by atoms with Gasteiger partial charge in [-0.15, -0.1) is 0 Å². The van der Waals surface area contributed by atoms with E-state index in [1.54, 1.807) is 0 Å². The first kappa shape index (κ1) is 21.4. The van der Waals surface area contributed by atoms with Crippen LogP contribution < -0.4 is 0 Å². The zero-order valence-electron chi connectivity index (χ0n) is 35.1. The van der Waals surface area contributed by atoms with E-state index in [0.29, 0.717) is 33.4 Å². The summed E-state index contributed by atoms with van der Waals surface area (Å²) in [6.07, 6.45) is 0. The molecule has 11 rings (SSSR count). The van der Waals surface area contributed by atoms with E-state index in [1.807, 2.05) is 121 Å². The summed E-state index contributed by atoms with van der Waals surface area (Å²) in [6.45, 7) is 0. The number of hydrogen-bond donors (Lipinski definition) is 0. The van der Waals surface area contributed by atoms with Crippen molar-refractivity contribution >= 4 is 75.8 Å². The Kier molecular flexibility index (Phi) is 4.57. The second-order valence-corrected chi connectivity index (χ2v) is 13.0. The van der Waals surface area contributed by atoms with Gasteiger partial charge in [-0.1, -0.05) is 164 Å². The average Bonchev–Trinajstić information content (AvgIpc) is 3.66. The molecule has 10 aromatic carbocycles. The standard InChI is InChI=1S/C50H30O/c1-4-16-35-31(12-1)15-11-23-39(35)47-40-19-7-9-21-42(40)50(43-22-10-8-20-41(43)47)49-37-18-6-3-13-32(37)24-27-38(49)34-25-28-44-46(30-34)51-45-29-26-33-14-2-5-17-36(33)48(44)45/h1-30H/i7D,8D,9D,10D,19D,20D,21D,22D. The van der Waals surface area contributed by atoms with Gasteiger partial charge < -0.3 is 4.42 Å². The predicted molar refractivity (Wildman–Crippen MR) is 218 cm³/mol. The lowest BCUT2D eigenvalue weighted by atomic mass is 9.81. The van der Waals surface area contributed by atoms with Crippen LogP contribution in [0, 0.1) is 0 Å².